The summed E-state index contributed by atoms with van der Waals surface area (Å²) in [7, 11) is 30.4. The summed E-state index contributed by atoms with van der Waals surface area (Å²) in [5.41, 5.74) is 0. The monoisotopic (exact) mass is 402 g/mol. The van der Waals surface area contributed by atoms with Gasteiger partial charge in [0.05, 0.1) is 0 Å². The Morgan fingerprint density at radius 1 is 0.571 bits per heavy atom. The molecule has 0 rings (SSSR count). The van der Waals surface area contributed by atoms with E-state index in [-0.39, 0.29) is 0 Å². The first-order chi connectivity index (χ1) is 2.45. The predicted octanol–water partition coefficient (Wildman–Crippen LogP) is 4.13. The van der Waals surface area contributed by atoms with Crippen molar-refractivity contribution >= 4 is 57.8 Å². The molecule has 53 valence electrons. The number of hydrogen-bond acceptors (Lipinski definition) is 0. The Bertz CT molecular complexity index is 62.7. The van der Waals surface area contributed by atoms with Crippen molar-refractivity contribution < 1.29 is 6.64 Å². The summed E-state index contributed by atoms with van der Waals surface area (Å²) >= 11 is 0. The zero-order valence-electron chi connectivity index (χ0n) is 2.62. The molecular weight excluding hydrogens is 403 g/mol. The standard InChI is InChI=1S/6ClH.Os/h6*1H;/q;;;;;;+3/p-6. The van der Waals surface area contributed by atoms with E-state index in [0.717, 1.165) is 0 Å². The molecule has 0 aromatic rings. The van der Waals surface area contributed by atoms with Crippen LogP contribution in [0.4, 0.5) is 0 Å². The van der Waals surface area contributed by atoms with Crippen molar-refractivity contribution in [1.82, 2.24) is 0 Å². The average molecular weight is 403 g/mol. The van der Waals surface area contributed by atoms with Crippen LogP contribution in [-0.4, -0.2) is 0 Å². The first kappa shape index (κ1) is 9.38. The fourth-order valence-electron chi connectivity index (χ4n) is 0. The van der Waals surface area contributed by atoms with Crippen LogP contribution in [0.15, 0.2) is 0 Å². The van der Waals surface area contributed by atoms with Gasteiger partial charge in [0.15, 0.2) is 0 Å². The molecular formula is Cl6Os-3. The van der Waals surface area contributed by atoms with Crippen molar-refractivity contribution in [1.29, 1.82) is 0 Å². The van der Waals surface area contributed by atoms with Crippen LogP contribution in [0.5, 0.6) is 0 Å². The van der Waals surface area contributed by atoms with Gasteiger partial charge in [0.25, 0.3) is 0 Å². The summed E-state index contributed by atoms with van der Waals surface area (Å²) < 4.78 is 0. The van der Waals surface area contributed by atoms with Gasteiger partial charge >= 0.3 is 64.5 Å². The van der Waals surface area contributed by atoms with Gasteiger partial charge in [-0.25, -0.2) is 0 Å². The fourth-order valence-corrected chi connectivity index (χ4v) is 0. The molecule has 0 unspecified atom stereocenters. The van der Waals surface area contributed by atoms with E-state index in [1.54, 1.807) is 0 Å². The third kappa shape index (κ3) is 60.3. The zero-order chi connectivity index (χ0) is 6.41. The molecule has 0 heterocycles. The summed E-state index contributed by atoms with van der Waals surface area (Å²) in [6.45, 7) is -5.38. The van der Waals surface area contributed by atoms with Crippen molar-refractivity contribution in [2.24, 2.45) is 0 Å². The Morgan fingerprint density at radius 3 is 0.571 bits per heavy atom. The second-order valence-electron chi connectivity index (χ2n) is 0.758. The molecule has 7 heteroatoms. The van der Waals surface area contributed by atoms with Crippen LogP contribution in [-0.2, 0) is 6.64 Å². The predicted molar refractivity (Wildman–Crippen MR) is 35.1 cm³/mol. The van der Waals surface area contributed by atoms with Gasteiger partial charge < -0.3 is 0 Å². The second kappa shape index (κ2) is 1.51. The van der Waals surface area contributed by atoms with E-state index < -0.39 is 6.64 Å². The minimum absolute atomic E-state index is 5.06. The molecule has 0 aromatic heterocycles. The van der Waals surface area contributed by atoms with Gasteiger partial charge in [-0.3, -0.25) is 0 Å². The molecule has 0 atom stereocenters. The SMILES string of the molecule is [Cl][Os-3]([Cl])([Cl])([Cl])([Cl])[Cl]. The van der Waals surface area contributed by atoms with E-state index in [1.165, 1.54) is 0 Å². The molecule has 0 bridgehead atoms. The third-order valence-electron chi connectivity index (χ3n) is 0. The van der Waals surface area contributed by atoms with E-state index in [2.05, 4.69) is 0 Å². The van der Waals surface area contributed by atoms with Gasteiger partial charge in [-0.2, -0.15) is 0 Å². The van der Waals surface area contributed by atoms with Crippen LogP contribution in [0.1, 0.15) is 0 Å². The first-order valence-corrected chi connectivity index (χ1v) is 19.7. The molecule has 0 radical (unpaired) electrons. The zero-order valence-corrected chi connectivity index (χ0v) is 9.70. The summed E-state index contributed by atoms with van der Waals surface area (Å²) in [5.74, 6) is 0. The van der Waals surface area contributed by atoms with Crippen molar-refractivity contribution in [2.75, 3.05) is 0 Å². The van der Waals surface area contributed by atoms with Crippen molar-refractivity contribution in [3.05, 3.63) is 0 Å². The van der Waals surface area contributed by atoms with Gasteiger partial charge in [-0.15, -0.1) is 0 Å². The molecule has 0 nitrogen and oxygen atoms in total. The molecule has 0 aliphatic heterocycles. The topological polar surface area (TPSA) is 0 Å². The van der Waals surface area contributed by atoms with Gasteiger partial charge in [-0.05, 0) is 0 Å². The molecule has 0 spiro atoms. The van der Waals surface area contributed by atoms with Gasteiger partial charge in [0.1, 0.15) is 0 Å². The van der Waals surface area contributed by atoms with E-state index >= 15 is 0 Å². The number of hydrogen-bond donors (Lipinski definition) is 0. The Morgan fingerprint density at radius 2 is 0.571 bits per heavy atom. The maximum absolute atomic E-state index is 5.38. The molecule has 0 aliphatic carbocycles. The van der Waals surface area contributed by atoms with Crippen LogP contribution in [0.2, 0.25) is 0 Å². The van der Waals surface area contributed by atoms with Gasteiger partial charge in [0.2, 0.25) is 0 Å². The maximum atomic E-state index is 5.06. The Kier molecular flexibility index (Phi) is 2.02. The first-order valence-electron chi connectivity index (χ1n) is 0.802. The van der Waals surface area contributed by atoms with E-state index in [9.17, 15) is 0 Å². The summed E-state index contributed by atoms with van der Waals surface area (Å²) in [5, 5.41) is 0. The number of rotatable bonds is 0. The van der Waals surface area contributed by atoms with E-state index in [4.69, 9.17) is 57.8 Å². The quantitative estimate of drug-likeness (QED) is 0.571. The number of halogens is 6. The summed E-state index contributed by atoms with van der Waals surface area (Å²) in [6.07, 6.45) is 0. The van der Waals surface area contributed by atoms with Crippen LogP contribution in [0.25, 0.3) is 0 Å². The molecule has 0 aliphatic rings. The molecule has 7 heavy (non-hydrogen) atoms. The van der Waals surface area contributed by atoms with Crippen molar-refractivity contribution in [3.8, 4) is 0 Å². The average Bonchev–Trinajstić information content (AvgIpc) is 0.592. The third-order valence-corrected chi connectivity index (χ3v) is 0. The Hall–Kier alpha value is 2.38. The van der Waals surface area contributed by atoms with Crippen molar-refractivity contribution in [2.45, 2.75) is 0 Å². The Balaban J connectivity index is 4.43. The second-order valence-corrected chi connectivity index (χ2v) is 55.8. The fraction of sp³-hybridized carbons (Fsp3) is 0. The van der Waals surface area contributed by atoms with E-state index in [1.807, 2.05) is 0 Å². The van der Waals surface area contributed by atoms with E-state index in [0.29, 0.717) is 0 Å². The van der Waals surface area contributed by atoms with Gasteiger partial charge in [-0.1, -0.05) is 0 Å². The molecule has 0 fully saturated rings. The molecule has 0 amide bonds. The normalized spacial score (nSPS) is 23.1. The van der Waals surface area contributed by atoms with Crippen LogP contribution < -0.4 is 0 Å². The molecule has 0 saturated heterocycles. The van der Waals surface area contributed by atoms with Crippen LogP contribution >= 0.6 is 57.8 Å². The molecule has 0 saturated carbocycles. The molecule has 0 aromatic carbocycles. The molecule has 0 N–H and O–H groups in total. The summed E-state index contributed by atoms with van der Waals surface area (Å²) in [4.78, 5) is 0. The summed E-state index contributed by atoms with van der Waals surface area (Å²) in [6, 6.07) is 0. The van der Waals surface area contributed by atoms with Gasteiger partial charge in [0, 0.05) is 0 Å². The van der Waals surface area contributed by atoms with Crippen LogP contribution in [0.3, 0.4) is 0 Å². The Labute approximate surface area is 63.7 Å². The minimum atomic E-state index is -5.38. The van der Waals surface area contributed by atoms with Crippen molar-refractivity contribution in [3.63, 3.8) is 0 Å². The van der Waals surface area contributed by atoms with Crippen LogP contribution in [0, 0.1) is 0 Å².